The van der Waals surface area contributed by atoms with Crippen molar-refractivity contribution in [2.45, 2.75) is 25.9 Å². The highest BCUT2D eigenvalue weighted by Crippen LogP contribution is 2.19. The summed E-state index contributed by atoms with van der Waals surface area (Å²) in [7, 11) is 0. The Morgan fingerprint density at radius 1 is 1.15 bits per heavy atom. The number of para-hydroxylation sites is 1. The third kappa shape index (κ3) is 5.08. The number of carbonyl (C=O) groups is 2. The normalized spacial score (nSPS) is 16.0. The molecule has 3 rings (SSSR count). The maximum Gasteiger partial charge on any atom is 0.255 e. The van der Waals surface area contributed by atoms with Crippen LogP contribution in [0.25, 0.3) is 0 Å². The van der Waals surface area contributed by atoms with Crippen LogP contribution in [0.15, 0.2) is 48.5 Å². The minimum Gasteiger partial charge on any atom is -0.494 e. The summed E-state index contributed by atoms with van der Waals surface area (Å²) >= 11 is 0. The number of anilines is 1. The quantitative estimate of drug-likeness (QED) is 0.787. The van der Waals surface area contributed by atoms with Crippen LogP contribution < -0.4 is 15.4 Å². The van der Waals surface area contributed by atoms with Gasteiger partial charge in [0.25, 0.3) is 11.8 Å². The molecular weight excluding hydrogens is 344 g/mol. The van der Waals surface area contributed by atoms with Crippen LogP contribution in [0.1, 0.15) is 40.5 Å². The van der Waals surface area contributed by atoms with E-state index in [2.05, 4.69) is 10.6 Å². The zero-order chi connectivity index (χ0) is 19.1. The van der Waals surface area contributed by atoms with E-state index < -0.39 is 0 Å². The minimum atomic E-state index is -0.295. The number of carbonyl (C=O) groups excluding carboxylic acids is 2. The molecule has 1 heterocycles. The van der Waals surface area contributed by atoms with Crippen molar-refractivity contribution in [2.75, 3.05) is 25.1 Å². The van der Waals surface area contributed by atoms with Crippen LogP contribution in [-0.4, -0.2) is 37.7 Å². The van der Waals surface area contributed by atoms with Gasteiger partial charge in [0.2, 0.25) is 0 Å². The van der Waals surface area contributed by atoms with Gasteiger partial charge in [-0.2, -0.15) is 0 Å². The second-order valence-electron chi connectivity index (χ2n) is 6.31. The molecule has 0 aromatic heterocycles. The van der Waals surface area contributed by atoms with Gasteiger partial charge in [-0.1, -0.05) is 18.2 Å². The predicted molar refractivity (Wildman–Crippen MR) is 103 cm³/mol. The molecule has 0 bridgehead atoms. The van der Waals surface area contributed by atoms with Crippen molar-refractivity contribution in [3.05, 3.63) is 59.7 Å². The average Bonchev–Trinajstić information content (AvgIpc) is 3.21. The van der Waals surface area contributed by atoms with Gasteiger partial charge in [0.15, 0.2) is 0 Å². The lowest BCUT2D eigenvalue weighted by Gasteiger charge is -2.14. The zero-order valence-electron chi connectivity index (χ0n) is 15.4. The molecule has 0 saturated carbocycles. The van der Waals surface area contributed by atoms with Crippen molar-refractivity contribution in [3.8, 4) is 5.75 Å². The molecule has 6 heteroatoms. The molecule has 1 aliphatic rings. The number of benzene rings is 2. The fourth-order valence-electron chi connectivity index (χ4n) is 2.99. The molecule has 6 nitrogen and oxygen atoms in total. The van der Waals surface area contributed by atoms with E-state index in [1.165, 1.54) is 0 Å². The Morgan fingerprint density at radius 2 is 2.00 bits per heavy atom. The first-order chi connectivity index (χ1) is 13.2. The van der Waals surface area contributed by atoms with Crippen LogP contribution in [0.2, 0.25) is 0 Å². The third-order valence-corrected chi connectivity index (χ3v) is 4.34. The van der Waals surface area contributed by atoms with E-state index in [4.69, 9.17) is 9.47 Å². The first kappa shape index (κ1) is 18.9. The molecule has 2 aromatic rings. The molecule has 1 aliphatic heterocycles. The number of ether oxygens (including phenoxy) is 2. The van der Waals surface area contributed by atoms with Crippen LogP contribution in [0.3, 0.4) is 0 Å². The van der Waals surface area contributed by atoms with Crippen LogP contribution in [0.5, 0.6) is 5.75 Å². The lowest BCUT2D eigenvalue weighted by molar-refractivity contribution is 0.0858. The molecule has 0 spiro atoms. The van der Waals surface area contributed by atoms with Crippen molar-refractivity contribution >= 4 is 17.5 Å². The summed E-state index contributed by atoms with van der Waals surface area (Å²) < 4.78 is 11.0. The topological polar surface area (TPSA) is 76.7 Å². The van der Waals surface area contributed by atoms with E-state index in [1.807, 2.05) is 6.92 Å². The Morgan fingerprint density at radius 3 is 2.78 bits per heavy atom. The fourth-order valence-corrected chi connectivity index (χ4v) is 2.99. The molecule has 27 heavy (non-hydrogen) atoms. The molecule has 142 valence electrons. The van der Waals surface area contributed by atoms with Crippen LogP contribution in [0, 0.1) is 0 Å². The Kier molecular flexibility index (Phi) is 6.44. The van der Waals surface area contributed by atoms with Crippen molar-refractivity contribution in [1.29, 1.82) is 0 Å². The van der Waals surface area contributed by atoms with Crippen LogP contribution in [0.4, 0.5) is 5.69 Å². The minimum absolute atomic E-state index is 0.0667. The van der Waals surface area contributed by atoms with Gasteiger partial charge < -0.3 is 20.1 Å². The second kappa shape index (κ2) is 9.19. The molecule has 0 aliphatic carbocycles. The summed E-state index contributed by atoms with van der Waals surface area (Å²) in [6.07, 6.45) is 2.04. The lowest BCUT2D eigenvalue weighted by atomic mass is 10.1. The second-order valence-corrected chi connectivity index (χ2v) is 6.31. The van der Waals surface area contributed by atoms with Gasteiger partial charge >= 0.3 is 0 Å². The standard InChI is InChI=1S/C21H24N2O4/c1-2-26-16-8-5-7-15(13-16)20(24)23-19-11-4-3-10-18(19)21(25)22-14-17-9-6-12-27-17/h3-5,7-8,10-11,13,17H,2,6,9,12,14H2,1H3,(H,22,25)(H,23,24)/t17-/m0/s1. The number of amides is 2. The van der Waals surface area contributed by atoms with Crippen LogP contribution in [-0.2, 0) is 4.74 Å². The summed E-state index contributed by atoms with van der Waals surface area (Å²) in [5.74, 6) is 0.105. The van der Waals surface area contributed by atoms with E-state index >= 15 is 0 Å². The summed E-state index contributed by atoms with van der Waals surface area (Å²) in [5, 5.41) is 5.70. The van der Waals surface area contributed by atoms with Crippen LogP contribution >= 0.6 is 0 Å². The van der Waals surface area contributed by atoms with Crippen molar-refractivity contribution in [1.82, 2.24) is 5.32 Å². The molecule has 1 saturated heterocycles. The SMILES string of the molecule is CCOc1cccc(C(=O)Nc2ccccc2C(=O)NC[C@@H]2CCCO2)c1. The monoisotopic (exact) mass is 368 g/mol. The zero-order valence-corrected chi connectivity index (χ0v) is 15.4. The lowest BCUT2D eigenvalue weighted by Crippen LogP contribution is -2.32. The van der Waals surface area contributed by atoms with Gasteiger partial charge in [0.1, 0.15) is 5.75 Å². The molecule has 2 amide bonds. The molecule has 1 fully saturated rings. The first-order valence-corrected chi connectivity index (χ1v) is 9.20. The highest BCUT2D eigenvalue weighted by atomic mass is 16.5. The van der Waals surface area contributed by atoms with E-state index in [0.717, 1.165) is 19.4 Å². The predicted octanol–water partition coefficient (Wildman–Crippen LogP) is 3.25. The molecule has 0 radical (unpaired) electrons. The molecule has 2 N–H and O–H groups in total. The van der Waals surface area contributed by atoms with E-state index in [1.54, 1.807) is 48.5 Å². The van der Waals surface area contributed by atoms with Gasteiger partial charge in [0.05, 0.1) is 24.0 Å². The fraction of sp³-hybridized carbons (Fsp3) is 0.333. The van der Waals surface area contributed by atoms with E-state index in [-0.39, 0.29) is 17.9 Å². The number of hydrogen-bond acceptors (Lipinski definition) is 4. The third-order valence-electron chi connectivity index (χ3n) is 4.34. The number of nitrogens with one attached hydrogen (secondary N) is 2. The molecular formula is C21H24N2O4. The average molecular weight is 368 g/mol. The van der Waals surface area contributed by atoms with E-state index in [0.29, 0.717) is 35.7 Å². The Hall–Kier alpha value is -2.86. The largest absolute Gasteiger partial charge is 0.494 e. The van der Waals surface area contributed by atoms with Gasteiger partial charge in [0, 0.05) is 18.7 Å². The molecule has 0 unspecified atom stereocenters. The first-order valence-electron chi connectivity index (χ1n) is 9.20. The number of rotatable bonds is 7. The highest BCUT2D eigenvalue weighted by molar-refractivity contribution is 6.09. The van der Waals surface area contributed by atoms with Gasteiger partial charge in [-0.15, -0.1) is 0 Å². The summed E-state index contributed by atoms with van der Waals surface area (Å²) in [5.41, 5.74) is 1.36. The van der Waals surface area contributed by atoms with Gasteiger partial charge in [-0.25, -0.2) is 0 Å². The van der Waals surface area contributed by atoms with Gasteiger partial charge in [-0.05, 0) is 50.1 Å². The smallest absolute Gasteiger partial charge is 0.255 e. The Bertz CT molecular complexity index is 800. The Labute approximate surface area is 158 Å². The van der Waals surface area contributed by atoms with Crippen molar-refractivity contribution < 1.29 is 19.1 Å². The summed E-state index contributed by atoms with van der Waals surface area (Å²) in [6, 6.07) is 13.9. The number of hydrogen-bond donors (Lipinski definition) is 2. The maximum absolute atomic E-state index is 12.6. The maximum atomic E-state index is 12.6. The Balaban J connectivity index is 1.68. The van der Waals surface area contributed by atoms with Crippen molar-refractivity contribution in [3.63, 3.8) is 0 Å². The molecule has 1 atom stereocenters. The van der Waals surface area contributed by atoms with Crippen molar-refractivity contribution in [2.24, 2.45) is 0 Å². The highest BCUT2D eigenvalue weighted by Gasteiger charge is 2.18. The summed E-state index contributed by atoms with van der Waals surface area (Å²) in [6.45, 7) is 3.63. The summed E-state index contributed by atoms with van der Waals surface area (Å²) in [4.78, 5) is 25.1. The molecule has 2 aromatic carbocycles. The van der Waals surface area contributed by atoms with Gasteiger partial charge in [-0.3, -0.25) is 9.59 Å². The van der Waals surface area contributed by atoms with E-state index in [9.17, 15) is 9.59 Å².